The van der Waals surface area contributed by atoms with Crippen LogP contribution in [0.1, 0.15) is 13.8 Å². The van der Waals surface area contributed by atoms with Gasteiger partial charge in [0.15, 0.2) is 0 Å². The maximum atomic E-state index is 5.20. The second-order valence-electron chi connectivity index (χ2n) is 2.57. The zero-order valence-corrected chi connectivity index (χ0v) is 11.8. The first kappa shape index (κ1) is 18.6. The van der Waals surface area contributed by atoms with E-state index >= 15 is 0 Å². The summed E-state index contributed by atoms with van der Waals surface area (Å²) in [5, 5.41) is 0.684. The molecule has 0 aromatic carbocycles. The minimum absolute atomic E-state index is 0. The van der Waals surface area contributed by atoms with Crippen LogP contribution in [0.4, 0.5) is 0 Å². The summed E-state index contributed by atoms with van der Waals surface area (Å²) in [6.07, 6.45) is 0. The quantitative estimate of drug-likeness (QED) is 0.405. The van der Waals surface area contributed by atoms with Gasteiger partial charge in [-0.2, -0.15) is 11.8 Å². The molecule has 0 fully saturated rings. The predicted octanol–water partition coefficient (Wildman–Crippen LogP) is 2.73. The Balaban J connectivity index is 0. The third-order valence-corrected chi connectivity index (χ3v) is 8.43. The molecule has 0 radical (unpaired) electrons. The predicted molar refractivity (Wildman–Crippen MR) is 75.5 cm³/mol. The second kappa shape index (κ2) is 10.4. The normalized spacial score (nSPS) is 11.5. The van der Waals surface area contributed by atoms with E-state index < -0.39 is 5.69 Å². The fourth-order valence-electron chi connectivity index (χ4n) is 0.613. The Hall–Kier alpha value is 2.27. The molecule has 0 aliphatic heterocycles. The molecule has 0 amide bonds. The Morgan fingerprint density at radius 3 is 2.07 bits per heavy atom. The molecule has 0 aromatic rings. The number of rotatable bonds is 7. The molecule has 0 aliphatic carbocycles. The van der Waals surface area contributed by atoms with Gasteiger partial charge in [-0.05, 0) is 17.1 Å². The van der Waals surface area contributed by atoms with E-state index in [1.807, 2.05) is 11.8 Å². The molecule has 0 rings (SSSR count). The summed E-state index contributed by atoms with van der Waals surface area (Å²) in [5.41, 5.74) is -2.00. The molecule has 14 heavy (non-hydrogen) atoms. The van der Waals surface area contributed by atoms with Gasteiger partial charge < -0.3 is 9.05 Å². The molecule has 7 heteroatoms. The summed E-state index contributed by atoms with van der Waals surface area (Å²) in [5.74, 6) is 2.11. The Morgan fingerprint density at radius 2 is 1.71 bits per heavy atom. The van der Waals surface area contributed by atoms with E-state index in [4.69, 9.17) is 20.9 Å². The van der Waals surface area contributed by atoms with Crippen LogP contribution in [0, 0.1) is 0 Å². The number of hydrogen-bond acceptors (Lipinski definition) is 5. The molecule has 0 bridgehead atoms. The molecule has 0 unspecified atom stereocenters. The van der Waals surface area contributed by atoms with Crippen LogP contribution in [0.5, 0.6) is 0 Å². The molecule has 2 nitrogen and oxygen atoms in total. The van der Waals surface area contributed by atoms with E-state index in [-0.39, 0.29) is 29.6 Å². The Bertz CT molecular complexity index is 172. The van der Waals surface area contributed by atoms with Crippen LogP contribution in [0.15, 0.2) is 0 Å². The van der Waals surface area contributed by atoms with Gasteiger partial charge in [0.2, 0.25) is 5.69 Å². The average Bonchev–Trinajstić information content (AvgIpc) is 2.12. The monoisotopic (exact) mass is 284 g/mol. The third-order valence-electron chi connectivity index (χ3n) is 1.23. The van der Waals surface area contributed by atoms with Crippen molar-refractivity contribution in [3.63, 3.8) is 0 Å². The van der Waals surface area contributed by atoms with Crippen LogP contribution < -0.4 is 0 Å². The zero-order valence-electron chi connectivity index (χ0n) is 8.48. The third kappa shape index (κ3) is 9.49. The summed E-state index contributed by atoms with van der Waals surface area (Å²) >= 11 is 8.76. The van der Waals surface area contributed by atoms with Crippen molar-refractivity contribution in [1.29, 1.82) is 0 Å². The van der Waals surface area contributed by atoms with Gasteiger partial charge in [-0.25, -0.2) is 0 Å². The van der Waals surface area contributed by atoms with Crippen LogP contribution in [-0.4, -0.2) is 60.5 Å². The summed E-state index contributed by atoms with van der Waals surface area (Å²) in [4.78, 5) is 0. The SMILES string of the molecule is COP(=S)(OC)SCCSC(C)C.[NaH]. The Morgan fingerprint density at radius 1 is 1.21 bits per heavy atom. The van der Waals surface area contributed by atoms with Gasteiger partial charge in [0.05, 0.1) is 0 Å². The topological polar surface area (TPSA) is 18.5 Å². The van der Waals surface area contributed by atoms with E-state index in [1.54, 1.807) is 25.6 Å². The molecular weight excluding hydrogens is 266 g/mol. The first-order valence-corrected chi connectivity index (χ1v) is 9.29. The van der Waals surface area contributed by atoms with E-state index in [9.17, 15) is 0 Å². The van der Waals surface area contributed by atoms with Crippen LogP contribution >= 0.6 is 28.8 Å². The van der Waals surface area contributed by atoms with Crippen LogP contribution in [-0.2, 0) is 20.9 Å². The molecule has 0 saturated heterocycles. The van der Waals surface area contributed by atoms with Gasteiger partial charge in [-0.1, -0.05) is 25.2 Å². The first-order chi connectivity index (χ1) is 6.04. The van der Waals surface area contributed by atoms with Crippen molar-refractivity contribution >= 4 is 70.2 Å². The van der Waals surface area contributed by atoms with Crippen LogP contribution in [0.3, 0.4) is 0 Å². The van der Waals surface area contributed by atoms with Crippen molar-refractivity contribution < 1.29 is 9.05 Å². The zero-order chi connectivity index (χ0) is 10.3. The molecule has 0 heterocycles. The first-order valence-electron chi connectivity index (χ1n) is 4.01. The van der Waals surface area contributed by atoms with Crippen molar-refractivity contribution in [1.82, 2.24) is 0 Å². The van der Waals surface area contributed by atoms with Gasteiger partial charge in [-0.3, -0.25) is 0 Å². The fourth-order valence-corrected chi connectivity index (χ4v) is 5.00. The second-order valence-corrected chi connectivity index (χ2v) is 10.9. The number of hydrogen-bond donors (Lipinski definition) is 0. The van der Waals surface area contributed by atoms with Crippen LogP contribution in [0.2, 0.25) is 0 Å². The van der Waals surface area contributed by atoms with Crippen molar-refractivity contribution in [3.8, 4) is 0 Å². The molecule has 0 N–H and O–H groups in total. The minimum atomic E-state index is -2.00. The fraction of sp³-hybridized carbons (Fsp3) is 1.00. The van der Waals surface area contributed by atoms with Gasteiger partial charge in [0, 0.05) is 25.7 Å². The Kier molecular flexibility index (Phi) is 13.9. The van der Waals surface area contributed by atoms with E-state index in [0.717, 1.165) is 11.5 Å². The number of thioether (sulfide) groups is 1. The van der Waals surface area contributed by atoms with E-state index in [1.165, 1.54) is 0 Å². The molecule has 82 valence electrons. The van der Waals surface area contributed by atoms with Crippen molar-refractivity contribution in [2.24, 2.45) is 0 Å². The van der Waals surface area contributed by atoms with Crippen LogP contribution in [0.25, 0.3) is 0 Å². The van der Waals surface area contributed by atoms with E-state index in [2.05, 4.69) is 13.8 Å². The Labute approximate surface area is 123 Å². The van der Waals surface area contributed by atoms with Crippen molar-refractivity contribution in [2.75, 3.05) is 25.7 Å². The van der Waals surface area contributed by atoms with Gasteiger partial charge in [0.1, 0.15) is 0 Å². The van der Waals surface area contributed by atoms with Gasteiger partial charge >= 0.3 is 29.6 Å². The summed E-state index contributed by atoms with van der Waals surface area (Å²) in [6.45, 7) is 4.39. The van der Waals surface area contributed by atoms with Gasteiger partial charge in [0.25, 0.3) is 0 Å². The summed E-state index contributed by atoms with van der Waals surface area (Å²) in [6, 6.07) is 0. The standard InChI is InChI=1S/C7H17O2PS3.Na.H/c1-7(2)12-5-6-13-10(11,8-3)9-4;;/h7H,5-6H2,1-4H3;;. The molecule has 0 aromatic heterocycles. The molecule has 0 saturated carbocycles. The molecule has 0 aliphatic rings. The summed E-state index contributed by atoms with van der Waals surface area (Å²) in [7, 11) is 3.24. The molecule has 0 atom stereocenters. The average molecular weight is 284 g/mol. The van der Waals surface area contributed by atoms with Crippen molar-refractivity contribution in [2.45, 2.75) is 19.1 Å². The maximum absolute atomic E-state index is 5.20. The van der Waals surface area contributed by atoms with E-state index in [0.29, 0.717) is 5.25 Å². The molecular formula is C7H18NaO2PS3. The molecule has 0 spiro atoms. The van der Waals surface area contributed by atoms with Crippen molar-refractivity contribution in [3.05, 3.63) is 0 Å². The summed E-state index contributed by atoms with van der Waals surface area (Å²) < 4.78 is 10.3. The van der Waals surface area contributed by atoms with Gasteiger partial charge in [-0.15, -0.1) is 0 Å².